The molecule has 7 aromatic heterocycles. The fraction of sp³-hybridized carbons (Fsp3) is 0.138. The molecule has 70 heavy (non-hydrogen) atoms. The van der Waals surface area contributed by atoms with Gasteiger partial charge in [-0.1, -0.05) is 84.9 Å². The molecule has 0 atom stereocenters. The number of nitrogens with zero attached hydrogens (tertiary/aromatic N) is 12. The Morgan fingerprint density at radius 2 is 0.743 bits per heavy atom. The average Bonchev–Trinajstić information content (AvgIpc) is 3.92. The molecule has 340 valence electrons. The molecule has 0 radical (unpaired) electrons. The van der Waals surface area contributed by atoms with Crippen molar-refractivity contribution in [1.29, 1.82) is 0 Å². The number of hydrogen-bond acceptors (Lipinski definition) is 10. The van der Waals surface area contributed by atoms with Crippen LogP contribution in [0.2, 0.25) is 0 Å². The summed E-state index contributed by atoms with van der Waals surface area (Å²) in [5, 5.41) is 20.9. The fourth-order valence-electron chi connectivity index (χ4n) is 9.84. The SMILES string of the molecule is C(=N/N(CCCCn1c2ccccc2c2ccccc21)c1ccc2c3nccnc3c3ccc(N(CCCCn4c5ccccc5c5ccccc54)/N=C/c4ccccn4)nc3c2n1)/c1ccccn1. The molecule has 0 spiro atoms. The molecule has 7 heterocycles. The average molecular weight is 913 g/mol. The second-order valence-corrected chi connectivity index (χ2v) is 17.4. The van der Waals surface area contributed by atoms with Crippen LogP contribution in [0.25, 0.3) is 76.5 Å². The standard InChI is InChI=1S/C58H48N12/c1-5-23-49-43(19-1)44-20-2-6-24-50(44)67(49)35-13-15-37-69(63-39-41-17-9-11-31-59-41)53-29-27-47-55-56(62-34-33-61-55)48-28-30-54(66-58(48)57(47)65-53)70(64-40-42-18-10-12-32-60-42)38-16-14-36-68-51-25-7-3-21-45(51)46-22-4-8-26-52(46)68/h1-12,17-34,39-40H,13-16,35-38H2/b63-39-,64-40+. The van der Waals surface area contributed by atoms with Crippen LogP contribution in [0.1, 0.15) is 37.1 Å². The van der Waals surface area contributed by atoms with E-state index in [1.807, 2.05) is 58.5 Å². The molecule has 0 amide bonds. The molecule has 0 aliphatic heterocycles. The van der Waals surface area contributed by atoms with Gasteiger partial charge in [0.2, 0.25) is 0 Å². The molecule has 12 heteroatoms. The van der Waals surface area contributed by atoms with E-state index in [2.05, 4.69) is 128 Å². The number of hydrazone groups is 2. The third-order valence-corrected chi connectivity index (χ3v) is 13.1. The van der Waals surface area contributed by atoms with Crippen LogP contribution in [-0.4, -0.2) is 64.6 Å². The van der Waals surface area contributed by atoms with Gasteiger partial charge >= 0.3 is 0 Å². The Kier molecular flexibility index (Phi) is 11.5. The van der Waals surface area contributed by atoms with E-state index >= 15 is 0 Å². The van der Waals surface area contributed by atoms with Crippen molar-refractivity contribution in [2.75, 3.05) is 23.1 Å². The summed E-state index contributed by atoms with van der Waals surface area (Å²) in [5.74, 6) is 1.40. The molecule has 12 nitrogen and oxygen atoms in total. The topological polar surface area (TPSA) is 118 Å². The number of fused-ring (bicyclic) bond motifs is 12. The molecule has 0 unspecified atom stereocenters. The van der Waals surface area contributed by atoms with Crippen LogP contribution in [-0.2, 0) is 13.1 Å². The van der Waals surface area contributed by atoms with E-state index in [0.29, 0.717) is 35.8 Å². The molecule has 0 fully saturated rings. The van der Waals surface area contributed by atoms with Crippen molar-refractivity contribution >= 4 is 101 Å². The summed E-state index contributed by atoms with van der Waals surface area (Å²) >= 11 is 0. The monoisotopic (exact) mass is 912 g/mol. The third kappa shape index (κ3) is 8.19. The lowest BCUT2D eigenvalue weighted by molar-refractivity contribution is 0.624. The maximum absolute atomic E-state index is 5.41. The van der Waals surface area contributed by atoms with E-state index in [1.54, 1.807) is 37.2 Å². The fourth-order valence-corrected chi connectivity index (χ4v) is 9.84. The van der Waals surface area contributed by atoms with Crippen molar-refractivity contribution in [3.05, 3.63) is 194 Å². The number of anilines is 2. The molecule has 5 aromatic carbocycles. The van der Waals surface area contributed by atoms with Gasteiger partial charge < -0.3 is 9.13 Å². The van der Waals surface area contributed by atoms with Crippen LogP contribution in [0.3, 0.4) is 0 Å². The quantitative estimate of drug-likeness (QED) is 0.0407. The highest BCUT2D eigenvalue weighted by Gasteiger charge is 2.19. The normalized spacial score (nSPS) is 12.1. The van der Waals surface area contributed by atoms with Gasteiger partial charge in [0.25, 0.3) is 0 Å². The first-order chi connectivity index (χ1) is 34.7. The first kappa shape index (κ1) is 42.5. The number of hydrogen-bond donors (Lipinski definition) is 0. The van der Waals surface area contributed by atoms with E-state index in [-0.39, 0.29) is 0 Å². The lowest BCUT2D eigenvalue weighted by atomic mass is 10.1. The highest BCUT2D eigenvalue weighted by atomic mass is 15.5. The molecule has 0 saturated heterocycles. The van der Waals surface area contributed by atoms with Crippen molar-refractivity contribution in [2.24, 2.45) is 10.2 Å². The maximum Gasteiger partial charge on any atom is 0.149 e. The number of para-hydroxylation sites is 4. The zero-order valence-corrected chi connectivity index (χ0v) is 38.5. The summed E-state index contributed by atoms with van der Waals surface area (Å²) in [7, 11) is 0. The second kappa shape index (κ2) is 19.0. The number of rotatable bonds is 16. The van der Waals surface area contributed by atoms with Gasteiger partial charge in [-0.25, -0.2) is 20.0 Å². The summed E-state index contributed by atoms with van der Waals surface area (Å²) < 4.78 is 4.88. The molecule has 12 aromatic rings. The molecule has 0 N–H and O–H groups in total. The number of unbranched alkanes of at least 4 members (excludes halogenated alkanes) is 2. The number of aromatic nitrogens is 8. The smallest absolute Gasteiger partial charge is 0.149 e. The van der Waals surface area contributed by atoms with Gasteiger partial charge in [-0.15, -0.1) is 0 Å². The van der Waals surface area contributed by atoms with Gasteiger partial charge in [-0.3, -0.25) is 19.9 Å². The molecule has 12 rings (SSSR count). The van der Waals surface area contributed by atoms with E-state index in [4.69, 9.17) is 30.1 Å². The Balaban J connectivity index is 0.885. The minimum atomic E-state index is 0.633. The molecular formula is C58H48N12. The van der Waals surface area contributed by atoms with Crippen molar-refractivity contribution < 1.29 is 0 Å². The first-order valence-electron chi connectivity index (χ1n) is 24.0. The summed E-state index contributed by atoms with van der Waals surface area (Å²) in [5.41, 5.74) is 9.48. The molecule has 0 aliphatic carbocycles. The van der Waals surface area contributed by atoms with Crippen molar-refractivity contribution in [3.63, 3.8) is 0 Å². The largest absolute Gasteiger partial charge is 0.340 e. The summed E-state index contributed by atoms with van der Waals surface area (Å²) in [6, 6.07) is 54.5. The Bertz CT molecular complexity index is 3520. The molecular weight excluding hydrogens is 865 g/mol. The summed E-state index contributed by atoms with van der Waals surface area (Å²) in [6.45, 7) is 3.01. The lowest BCUT2D eigenvalue weighted by Gasteiger charge is -2.21. The van der Waals surface area contributed by atoms with Crippen LogP contribution in [0.4, 0.5) is 11.6 Å². The predicted octanol–water partition coefficient (Wildman–Crippen LogP) is 12.4. The summed E-state index contributed by atoms with van der Waals surface area (Å²) in [4.78, 5) is 29.6. The van der Waals surface area contributed by atoms with Gasteiger partial charge in [-0.2, -0.15) is 10.2 Å². The predicted molar refractivity (Wildman–Crippen MR) is 286 cm³/mol. The lowest BCUT2D eigenvalue weighted by Crippen LogP contribution is -2.20. The van der Waals surface area contributed by atoms with Crippen molar-refractivity contribution in [3.8, 4) is 0 Å². The summed E-state index contributed by atoms with van der Waals surface area (Å²) in [6.07, 6.45) is 14.2. The van der Waals surface area contributed by atoms with Gasteiger partial charge in [0.05, 0.1) is 34.9 Å². The van der Waals surface area contributed by atoms with Crippen LogP contribution < -0.4 is 10.0 Å². The van der Waals surface area contributed by atoms with Crippen LogP contribution in [0.15, 0.2) is 193 Å². The van der Waals surface area contributed by atoms with Crippen LogP contribution in [0, 0.1) is 0 Å². The molecule has 0 aliphatic rings. The van der Waals surface area contributed by atoms with E-state index in [0.717, 1.165) is 72.0 Å². The van der Waals surface area contributed by atoms with Crippen molar-refractivity contribution in [1.82, 2.24) is 39.0 Å². The first-order valence-corrected chi connectivity index (χ1v) is 24.0. The molecule has 0 saturated carbocycles. The van der Waals surface area contributed by atoms with Gasteiger partial charge in [0.15, 0.2) is 0 Å². The highest BCUT2D eigenvalue weighted by molar-refractivity contribution is 6.21. The van der Waals surface area contributed by atoms with E-state index < -0.39 is 0 Å². The minimum absolute atomic E-state index is 0.633. The van der Waals surface area contributed by atoms with Gasteiger partial charge in [0, 0.05) is 105 Å². The van der Waals surface area contributed by atoms with Crippen LogP contribution in [0.5, 0.6) is 0 Å². The van der Waals surface area contributed by atoms with E-state index in [1.165, 1.54) is 43.6 Å². The number of aryl methyl sites for hydroxylation is 2. The Hall–Kier alpha value is -8.90. The Morgan fingerprint density at radius 3 is 1.13 bits per heavy atom. The number of benzene rings is 5. The highest BCUT2D eigenvalue weighted by Crippen LogP contribution is 2.35. The third-order valence-electron chi connectivity index (χ3n) is 13.1. The Morgan fingerprint density at radius 1 is 0.357 bits per heavy atom. The Labute approximate surface area is 403 Å². The van der Waals surface area contributed by atoms with Gasteiger partial charge in [-0.05, 0) is 98.5 Å². The number of pyridine rings is 4. The zero-order valence-electron chi connectivity index (χ0n) is 38.5. The van der Waals surface area contributed by atoms with Gasteiger partial charge in [0.1, 0.15) is 22.7 Å². The van der Waals surface area contributed by atoms with Crippen molar-refractivity contribution in [2.45, 2.75) is 38.8 Å². The van der Waals surface area contributed by atoms with Crippen LogP contribution >= 0.6 is 0 Å². The minimum Gasteiger partial charge on any atom is -0.340 e. The second-order valence-electron chi connectivity index (χ2n) is 17.4. The molecule has 0 bridgehead atoms. The zero-order chi connectivity index (χ0) is 46.6. The van der Waals surface area contributed by atoms with E-state index in [9.17, 15) is 0 Å². The maximum atomic E-state index is 5.41.